The maximum atomic E-state index is 13.4. The molecule has 0 aliphatic heterocycles. The molecule has 0 aliphatic carbocycles. The molecule has 7 rings (SSSR count). The molecule has 0 fully saturated rings. The Bertz CT molecular complexity index is 2930. The van der Waals surface area contributed by atoms with Crippen molar-refractivity contribution in [3.8, 4) is 28.5 Å². The number of hydrogen-bond acceptors (Lipinski definition) is 12. The highest BCUT2D eigenvalue weighted by molar-refractivity contribution is 7.90. The molecule has 63 heavy (non-hydrogen) atoms. The fourth-order valence-corrected chi connectivity index (χ4v) is 7.21. The molecule has 0 aliphatic rings. The van der Waals surface area contributed by atoms with Crippen molar-refractivity contribution < 1.29 is 53.4 Å². The third-order valence-corrected chi connectivity index (χ3v) is 11.7. The van der Waals surface area contributed by atoms with Crippen molar-refractivity contribution >= 4 is 58.4 Å². The van der Waals surface area contributed by atoms with Crippen LogP contribution in [-0.2, 0) is 43.2 Å². The first-order valence-electron chi connectivity index (χ1n) is 18.4. The topological polar surface area (TPSA) is 261 Å². The summed E-state index contributed by atoms with van der Waals surface area (Å²) in [5, 5.41) is 4.10. The van der Waals surface area contributed by atoms with E-state index in [1.807, 2.05) is 44.2 Å². The maximum absolute atomic E-state index is 13.4. The predicted octanol–water partition coefficient (Wildman–Crippen LogP) is 7.30. The SMILES string of the molecule is CS(=O)(=O)CCNCc1ccc(-c2ccc3nc(-c4ccc(OCc5cccc(F)c5)c(Cl)c4)nc(N)c3c2)o1.Cc1ccc(S(=O)(=O)O)cc1.Cc1ccc(S(=O)(=O)O)cc1.O. The molecule has 0 atom stereocenters. The summed E-state index contributed by atoms with van der Waals surface area (Å²) in [6, 6.07) is 32.6. The fraction of sp³-hybridized carbons (Fsp3) is 0.163. The molecule has 0 spiro atoms. The predicted molar refractivity (Wildman–Crippen MR) is 240 cm³/mol. The zero-order chi connectivity index (χ0) is 45.2. The minimum atomic E-state index is -4.02. The van der Waals surface area contributed by atoms with Gasteiger partial charge in [0.25, 0.3) is 20.2 Å². The molecule has 0 saturated carbocycles. The van der Waals surface area contributed by atoms with Crippen LogP contribution in [0.3, 0.4) is 0 Å². The minimum absolute atomic E-state index is 0. The van der Waals surface area contributed by atoms with Gasteiger partial charge in [-0.15, -0.1) is 0 Å². The number of nitrogens with one attached hydrogen (secondary N) is 1. The number of nitrogen functional groups attached to an aromatic ring is 1. The number of anilines is 1. The number of furan rings is 1. The molecule has 0 bridgehead atoms. The second-order valence-corrected chi connectivity index (χ2v) is 19.4. The van der Waals surface area contributed by atoms with E-state index >= 15 is 0 Å². The van der Waals surface area contributed by atoms with Crippen LogP contribution in [0.4, 0.5) is 10.2 Å². The van der Waals surface area contributed by atoms with Gasteiger partial charge in [0.1, 0.15) is 45.3 Å². The highest BCUT2D eigenvalue weighted by Crippen LogP contribution is 2.33. The quantitative estimate of drug-likeness (QED) is 0.0692. The Morgan fingerprint density at radius 3 is 1.92 bits per heavy atom. The van der Waals surface area contributed by atoms with Gasteiger partial charge >= 0.3 is 0 Å². The molecule has 0 saturated heterocycles. The standard InChI is InChI=1S/C29H26ClFN4O4S.2C7H8O3S.H2O/c1-40(36,37)12-11-33-16-22-7-10-26(39-22)19-5-8-25-23(14-19)28(32)35-29(34-25)20-6-9-27(24(30)15-20)38-17-18-3-2-4-21(31)13-18;2*1-6-2-4-7(5-3-6)11(8,9)10;/h2-10,13-15,33H,11-12,16-17H2,1H3,(H2,32,34,35);2*2-5H,1H3,(H,8,9,10);1H2. The summed E-state index contributed by atoms with van der Waals surface area (Å²) < 4.78 is 107. The third-order valence-electron chi connectivity index (χ3n) is 8.73. The van der Waals surface area contributed by atoms with E-state index in [1.54, 1.807) is 54.6 Å². The smallest absolute Gasteiger partial charge is 0.294 e. The number of benzene rings is 5. The Balaban J connectivity index is 0.000000308. The van der Waals surface area contributed by atoms with Crippen LogP contribution in [-0.4, -0.2) is 68.4 Å². The summed E-state index contributed by atoms with van der Waals surface area (Å²) in [7, 11) is -11.1. The summed E-state index contributed by atoms with van der Waals surface area (Å²) in [6.45, 7) is 4.61. The van der Waals surface area contributed by atoms with E-state index in [2.05, 4.69) is 15.3 Å². The number of fused-ring (bicyclic) bond motifs is 1. The van der Waals surface area contributed by atoms with Gasteiger partial charge in [-0.05, 0) is 104 Å². The summed E-state index contributed by atoms with van der Waals surface area (Å²) in [5.41, 5.74) is 11.1. The van der Waals surface area contributed by atoms with Gasteiger partial charge in [0.2, 0.25) is 0 Å². The van der Waals surface area contributed by atoms with Crippen LogP contribution in [0.25, 0.3) is 33.6 Å². The van der Waals surface area contributed by atoms with E-state index in [4.69, 9.17) is 35.6 Å². The average Bonchev–Trinajstić information content (AvgIpc) is 3.68. The van der Waals surface area contributed by atoms with Crippen molar-refractivity contribution in [2.24, 2.45) is 0 Å². The molecule has 2 heterocycles. The molecule has 0 radical (unpaired) electrons. The highest BCUT2D eigenvalue weighted by atomic mass is 35.5. The number of rotatable bonds is 12. The Kier molecular flexibility index (Phi) is 17.1. The van der Waals surface area contributed by atoms with E-state index in [0.29, 0.717) is 69.1 Å². The normalized spacial score (nSPS) is 11.4. The zero-order valence-corrected chi connectivity index (χ0v) is 37.2. The third kappa shape index (κ3) is 15.2. The number of sulfone groups is 1. The second kappa shape index (κ2) is 21.5. The molecule has 5 aromatic carbocycles. The minimum Gasteiger partial charge on any atom is -0.487 e. The van der Waals surface area contributed by atoms with Crippen molar-refractivity contribution in [1.29, 1.82) is 0 Å². The molecule has 2 aromatic heterocycles. The Morgan fingerprint density at radius 1 is 0.762 bits per heavy atom. The molecule has 334 valence electrons. The fourth-order valence-electron chi connectivity index (χ4n) is 5.50. The molecule has 15 nitrogen and oxygen atoms in total. The van der Waals surface area contributed by atoms with Crippen molar-refractivity contribution in [3.63, 3.8) is 0 Å². The summed E-state index contributed by atoms with van der Waals surface area (Å²) in [4.78, 5) is 9.03. The number of aryl methyl sites for hydroxylation is 2. The first-order valence-corrected chi connectivity index (χ1v) is 23.8. The monoisotopic (exact) mass is 942 g/mol. The van der Waals surface area contributed by atoms with E-state index < -0.39 is 30.1 Å². The molecule has 0 unspecified atom stereocenters. The zero-order valence-electron chi connectivity index (χ0n) is 34.0. The van der Waals surface area contributed by atoms with E-state index in [0.717, 1.165) is 16.7 Å². The average molecular weight is 943 g/mol. The first kappa shape index (κ1) is 49.9. The number of hydrogen-bond donors (Lipinski definition) is 4. The van der Waals surface area contributed by atoms with Gasteiger partial charge < -0.3 is 25.7 Å². The van der Waals surface area contributed by atoms with Crippen molar-refractivity contribution in [2.75, 3.05) is 24.3 Å². The van der Waals surface area contributed by atoms with Crippen LogP contribution < -0.4 is 15.8 Å². The van der Waals surface area contributed by atoms with Crippen molar-refractivity contribution in [1.82, 2.24) is 15.3 Å². The largest absolute Gasteiger partial charge is 0.487 e. The van der Waals surface area contributed by atoms with Crippen LogP contribution in [0.5, 0.6) is 5.75 Å². The Labute approximate surface area is 369 Å². The van der Waals surface area contributed by atoms with Crippen LogP contribution in [0, 0.1) is 19.7 Å². The lowest BCUT2D eigenvalue weighted by atomic mass is 10.1. The molecule has 7 aromatic rings. The van der Waals surface area contributed by atoms with Crippen LogP contribution in [0.1, 0.15) is 22.5 Å². The van der Waals surface area contributed by atoms with E-state index in [9.17, 15) is 29.6 Å². The number of aromatic nitrogens is 2. The lowest BCUT2D eigenvalue weighted by molar-refractivity contribution is 0.306. The van der Waals surface area contributed by atoms with E-state index in [1.165, 1.54) is 42.7 Å². The molecule has 20 heteroatoms. The van der Waals surface area contributed by atoms with Crippen molar-refractivity contribution in [3.05, 3.63) is 155 Å². The van der Waals surface area contributed by atoms with E-state index in [-0.39, 0.29) is 33.4 Å². The van der Waals surface area contributed by atoms with Gasteiger partial charge in [-0.25, -0.2) is 22.8 Å². The van der Waals surface area contributed by atoms with Crippen molar-refractivity contribution in [2.45, 2.75) is 36.8 Å². The van der Waals surface area contributed by atoms with Crippen LogP contribution in [0.2, 0.25) is 5.02 Å². The molecule has 0 amide bonds. The number of halogens is 2. The summed E-state index contributed by atoms with van der Waals surface area (Å²) >= 11 is 6.46. The van der Waals surface area contributed by atoms with Gasteiger partial charge in [0.15, 0.2) is 5.82 Å². The molecular formula is C43H44ClFN4O11S3. The second-order valence-electron chi connectivity index (χ2n) is 13.9. The van der Waals surface area contributed by atoms with Gasteiger partial charge in [0, 0.05) is 29.3 Å². The van der Waals surface area contributed by atoms with Gasteiger partial charge in [-0.2, -0.15) is 16.8 Å². The lowest BCUT2D eigenvalue weighted by Crippen LogP contribution is -2.21. The summed E-state index contributed by atoms with van der Waals surface area (Å²) in [5.74, 6) is 2.24. The Morgan fingerprint density at radius 2 is 1.37 bits per heavy atom. The maximum Gasteiger partial charge on any atom is 0.294 e. The highest BCUT2D eigenvalue weighted by Gasteiger charge is 2.14. The number of nitrogens with two attached hydrogens (primary N) is 1. The first-order chi connectivity index (χ1) is 29.1. The molecular weight excluding hydrogens is 899 g/mol. The number of nitrogens with zero attached hydrogens (tertiary/aromatic N) is 2. The van der Waals surface area contributed by atoms with Gasteiger partial charge in [-0.1, -0.05) is 59.1 Å². The lowest BCUT2D eigenvalue weighted by Gasteiger charge is -2.11. The molecule has 7 N–H and O–H groups in total. The van der Waals surface area contributed by atoms with Crippen LogP contribution >= 0.6 is 11.6 Å². The van der Waals surface area contributed by atoms with Gasteiger partial charge in [0.05, 0.1) is 32.6 Å². The van der Waals surface area contributed by atoms with Gasteiger partial charge in [-0.3, -0.25) is 9.11 Å². The Hall–Kier alpha value is -5.77. The number of ether oxygens (including phenoxy) is 1. The van der Waals surface area contributed by atoms with Crippen LogP contribution in [0.15, 0.2) is 136 Å². The summed E-state index contributed by atoms with van der Waals surface area (Å²) in [6.07, 6.45) is 1.21.